The van der Waals surface area contributed by atoms with Crippen LogP contribution < -0.4 is 10.2 Å². The number of morpholine rings is 1. The lowest BCUT2D eigenvalue weighted by Gasteiger charge is -2.40. The fourth-order valence-electron chi connectivity index (χ4n) is 2.59. The van der Waals surface area contributed by atoms with E-state index in [-0.39, 0.29) is 12.7 Å². The molecule has 2 unspecified atom stereocenters. The Morgan fingerprint density at radius 3 is 2.95 bits per heavy atom. The van der Waals surface area contributed by atoms with Crippen molar-refractivity contribution in [1.29, 1.82) is 0 Å². The lowest BCUT2D eigenvalue weighted by molar-refractivity contribution is -0.0103. The van der Waals surface area contributed by atoms with E-state index in [2.05, 4.69) is 42.3 Å². The van der Waals surface area contributed by atoms with Crippen LogP contribution in [0.25, 0.3) is 0 Å². The third-order valence-corrected chi connectivity index (χ3v) is 3.62. The van der Waals surface area contributed by atoms with Crippen molar-refractivity contribution in [2.24, 2.45) is 0 Å². The minimum atomic E-state index is -0.0834. The molecule has 2 rings (SSSR count). The topological polar surface area (TPSA) is 44.7 Å². The van der Waals surface area contributed by atoms with Gasteiger partial charge >= 0.3 is 0 Å². The van der Waals surface area contributed by atoms with Crippen LogP contribution in [0.5, 0.6) is 0 Å². The van der Waals surface area contributed by atoms with Gasteiger partial charge in [0.25, 0.3) is 0 Å². The Bertz CT molecular complexity index is 423. The molecule has 0 aromatic heterocycles. The molecule has 0 radical (unpaired) electrons. The van der Waals surface area contributed by atoms with Gasteiger partial charge in [0.2, 0.25) is 0 Å². The average Bonchev–Trinajstić information content (AvgIpc) is 2.40. The minimum Gasteiger partial charge on any atom is -0.394 e. The van der Waals surface area contributed by atoms with E-state index in [9.17, 15) is 5.11 Å². The van der Waals surface area contributed by atoms with Crippen LogP contribution in [0, 0.1) is 6.92 Å². The van der Waals surface area contributed by atoms with E-state index in [0.717, 1.165) is 13.1 Å². The summed E-state index contributed by atoms with van der Waals surface area (Å²) in [4.78, 5) is 2.34. The van der Waals surface area contributed by atoms with E-state index in [4.69, 9.17) is 4.74 Å². The summed E-state index contributed by atoms with van der Waals surface area (Å²) >= 11 is 0. The van der Waals surface area contributed by atoms with Crippen molar-refractivity contribution >= 4 is 5.69 Å². The van der Waals surface area contributed by atoms with E-state index in [1.54, 1.807) is 0 Å². The van der Waals surface area contributed by atoms with Gasteiger partial charge in [-0.3, -0.25) is 0 Å². The number of hydrogen-bond donors (Lipinski definition) is 2. The van der Waals surface area contributed by atoms with E-state index in [1.165, 1.54) is 16.8 Å². The smallest absolute Gasteiger partial charge is 0.0981 e. The predicted molar refractivity (Wildman–Crippen MR) is 77.6 cm³/mol. The maximum absolute atomic E-state index is 9.29. The molecule has 1 aliphatic rings. The van der Waals surface area contributed by atoms with Crippen molar-refractivity contribution in [1.82, 2.24) is 5.32 Å². The standard InChI is InChI=1S/C15H24N2O2/c1-11-4-5-15(13(6-11)7-16-3)17-8-14(9-18)19-10-12(17)2/h4-6,12,14,16,18H,7-10H2,1-3H3. The molecule has 19 heavy (non-hydrogen) atoms. The second-order valence-corrected chi connectivity index (χ2v) is 5.30. The van der Waals surface area contributed by atoms with E-state index in [0.29, 0.717) is 12.6 Å². The number of nitrogens with zero attached hydrogens (tertiary/aromatic N) is 1. The first kappa shape index (κ1) is 14.3. The van der Waals surface area contributed by atoms with Gasteiger partial charge in [-0.2, -0.15) is 0 Å². The summed E-state index contributed by atoms with van der Waals surface area (Å²) < 4.78 is 5.61. The fourth-order valence-corrected chi connectivity index (χ4v) is 2.59. The molecular weight excluding hydrogens is 240 g/mol. The van der Waals surface area contributed by atoms with Crippen molar-refractivity contribution in [3.63, 3.8) is 0 Å². The highest BCUT2D eigenvalue weighted by Gasteiger charge is 2.27. The molecule has 2 N–H and O–H groups in total. The molecule has 4 heteroatoms. The molecular formula is C15H24N2O2. The average molecular weight is 264 g/mol. The molecule has 1 heterocycles. The zero-order chi connectivity index (χ0) is 13.8. The number of aryl methyl sites for hydroxylation is 1. The van der Waals surface area contributed by atoms with Crippen LogP contribution in [0.15, 0.2) is 18.2 Å². The summed E-state index contributed by atoms with van der Waals surface area (Å²) in [5, 5.41) is 12.5. The monoisotopic (exact) mass is 264 g/mol. The van der Waals surface area contributed by atoms with Gasteiger partial charge in [0.1, 0.15) is 0 Å². The van der Waals surface area contributed by atoms with E-state index < -0.39 is 0 Å². The molecule has 1 aromatic carbocycles. The fraction of sp³-hybridized carbons (Fsp3) is 0.600. The lowest BCUT2D eigenvalue weighted by Crippen LogP contribution is -2.50. The number of anilines is 1. The Balaban J connectivity index is 2.28. The maximum atomic E-state index is 9.29. The second kappa shape index (κ2) is 6.37. The van der Waals surface area contributed by atoms with Crippen LogP contribution in [-0.4, -0.2) is 44.1 Å². The molecule has 0 spiro atoms. The SMILES string of the molecule is CNCc1cc(C)ccc1N1CC(CO)OCC1C. The number of aliphatic hydroxyl groups excluding tert-OH is 1. The number of hydrogen-bond acceptors (Lipinski definition) is 4. The Hall–Kier alpha value is -1.10. The largest absolute Gasteiger partial charge is 0.394 e. The van der Waals surface area contributed by atoms with Gasteiger partial charge in [-0.05, 0) is 32.5 Å². The lowest BCUT2D eigenvalue weighted by atomic mass is 10.1. The van der Waals surface area contributed by atoms with Crippen molar-refractivity contribution in [2.45, 2.75) is 32.5 Å². The second-order valence-electron chi connectivity index (χ2n) is 5.30. The van der Waals surface area contributed by atoms with Crippen LogP contribution in [0.3, 0.4) is 0 Å². The van der Waals surface area contributed by atoms with Gasteiger partial charge < -0.3 is 20.1 Å². The maximum Gasteiger partial charge on any atom is 0.0981 e. The number of nitrogens with one attached hydrogen (secondary N) is 1. The highest BCUT2D eigenvalue weighted by molar-refractivity contribution is 5.56. The highest BCUT2D eigenvalue weighted by Crippen LogP contribution is 2.26. The van der Waals surface area contributed by atoms with Gasteiger partial charge in [0.15, 0.2) is 0 Å². The van der Waals surface area contributed by atoms with Crippen LogP contribution in [0.1, 0.15) is 18.1 Å². The van der Waals surface area contributed by atoms with Crippen molar-refractivity contribution in [3.8, 4) is 0 Å². The molecule has 1 aliphatic heterocycles. The van der Waals surface area contributed by atoms with Gasteiger partial charge in [-0.15, -0.1) is 0 Å². The molecule has 106 valence electrons. The van der Waals surface area contributed by atoms with Crippen molar-refractivity contribution in [3.05, 3.63) is 29.3 Å². The van der Waals surface area contributed by atoms with Crippen LogP contribution in [-0.2, 0) is 11.3 Å². The number of ether oxygens (including phenoxy) is 1. The first-order valence-electron chi connectivity index (χ1n) is 6.89. The first-order chi connectivity index (χ1) is 9.15. The predicted octanol–water partition coefficient (Wildman–Crippen LogP) is 1.30. The Labute approximate surface area is 115 Å². The zero-order valence-corrected chi connectivity index (χ0v) is 12.0. The number of benzene rings is 1. The quantitative estimate of drug-likeness (QED) is 0.860. The molecule has 0 aliphatic carbocycles. The van der Waals surface area contributed by atoms with Gasteiger partial charge in [-0.1, -0.05) is 17.7 Å². The van der Waals surface area contributed by atoms with Gasteiger partial charge in [-0.25, -0.2) is 0 Å². The summed E-state index contributed by atoms with van der Waals surface area (Å²) in [5.74, 6) is 0. The van der Waals surface area contributed by atoms with Gasteiger partial charge in [0, 0.05) is 24.8 Å². The van der Waals surface area contributed by atoms with Crippen LogP contribution in [0.2, 0.25) is 0 Å². The van der Waals surface area contributed by atoms with Crippen LogP contribution in [0.4, 0.5) is 5.69 Å². The molecule has 0 amide bonds. The molecule has 1 fully saturated rings. The molecule has 0 saturated carbocycles. The molecule has 2 atom stereocenters. The Morgan fingerprint density at radius 2 is 2.26 bits per heavy atom. The van der Waals surface area contributed by atoms with E-state index >= 15 is 0 Å². The first-order valence-corrected chi connectivity index (χ1v) is 6.89. The molecule has 1 saturated heterocycles. The molecule has 1 aromatic rings. The third kappa shape index (κ3) is 3.26. The Morgan fingerprint density at radius 1 is 1.47 bits per heavy atom. The number of aliphatic hydroxyl groups is 1. The van der Waals surface area contributed by atoms with Crippen molar-refractivity contribution < 1.29 is 9.84 Å². The molecule has 4 nitrogen and oxygen atoms in total. The van der Waals surface area contributed by atoms with Crippen LogP contribution >= 0.6 is 0 Å². The summed E-state index contributed by atoms with van der Waals surface area (Å²) in [6, 6.07) is 6.88. The summed E-state index contributed by atoms with van der Waals surface area (Å²) in [6.45, 7) is 6.62. The summed E-state index contributed by atoms with van der Waals surface area (Å²) in [5.41, 5.74) is 3.82. The van der Waals surface area contributed by atoms with Gasteiger partial charge in [0.05, 0.1) is 19.3 Å². The number of rotatable bonds is 4. The van der Waals surface area contributed by atoms with E-state index in [1.807, 2.05) is 7.05 Å². The zero-order valence-electron chi connectivity index (χ0n) is 12.0. The highest BCUT2D eigenvalue weighted by atomic mass is 16.5. The summed E-state index contributed by atoms with van der Waals surface area (Å²) in [7, 11) is 1.96. The third-order valence-electron chi connectivity index (χ3n) is 3.62. The summed E-state index contributed by atoms with van der Waals surface area (Å²) in [6.07, 6.45) is -0.0834. The normalized spacial score (nSPS) is 23.7. The van der Waals surface area contributed by atoms with Crippen molar-refractivity contribution in [2.75, 3.05) is 31.7 Å². The minimum absolute atomic E-state index is 0.0798. The molecule has 0 bridgehead atoms. The Kier molecular flexibility index (Phi) is 4.80.